The number of ether oxygens (including phenoxy) is 1. The lowest BCUT2D eigenvalue weighted by Crippen LogP contribution is -2.60. The molecule has 1 saturated heterocycles. The van der Waals surface area contributed by atoms with Gasteiger partial charge in [0.2, 0.25) is 27.7 Å². The molecule has 6 rings (SSSR count). The predicted octanol–water partition coefficient (Wildman–Crippen LogP) is 1.95. The van der Waals surface area contributed by atoms with Crippen molar-refractivity contribution in [2.45, 2.75) is 89.2 Å². The Morgan fingerprint density at radius 1 is 1.13 bits per heavy atom. The second-order valence-corrected chi connectivity index (χ2v) is 17.0. The van der Waals surface area contributed by atoms with Crippen LogP contribution in [-0.4, -0.2) is 98.7 Å². The molecule has 3 aliphatic rings. The first-order valence-electron chi connectivity index (χ1n) is 17.2. The zero-order chi connectivity index (χ0) is 37.7. The average Bonchev–Trinajstić information content (AvgIpc) is 3.92. The average molecular weight is 736 g/mol. The summed E-state index contributed by atoms with van der Waals surface area (Å²) < 4.78 is 32.8. The van der Waals surface area contributed by atoms with E-state index < -0.39 is 73.9 Å². The number of carbonyl (C=O) groups excluding carboxylic acids is 4. The van der Waals surface area contributed by atoms with Crippen LogP contribution in [0.5, 0.6) is 5.75 Å². The van der Waals surface area contributed by atoms with E-state index in [0.29, 0.717) is 41.2 Å². The maximum Gasteiger partial charge on any atom is 0.259 e. The third-order valence-electron chi connectivity index (χ3n) is 10.00. The fourth-order valence-corrected chi connectivity index (χ4v) is 8.07. The zero-order valence-electron chi connectivity index (χ0n) is 30.1. The van der Waals surface area contributed by atoms with Crippen LogP contribution in [0.25, 0.3) is 11.4 Å². The molecule has 5 atom stereocenters. The van der Waals surface area contributed by atoms with Gasteiger partial charge in [-0.25, -0.2) is 8.42 Å². The van der Waals surface area contributed by atoms with E-state index in [9.17, 15) is 27.6 Å². The highest BCUT2D eigenvalue weighted by Crippen LogP contribution is 2.46. The molecule has 1 aromatic carbocycles. The van der Waals surface area contributed by atoms with E-state index in [1.165, 1.54) is 15.8 Å². The fourth-order valence-electron chi connectivity index (χ4n) is 6.71. The Labute approximate surface area is 302 Å². The maximum absolute atomic E-state index is 14.6. The molecule has 4 amide bonds. The monoisotopic (exact) mass is 735 g/mol. The molecule has 3 fully saturated rings. The number of nitrogens with zero attached hydrogens (tertiary/aromatic N) is 5. The van der Waals surface area contributed by atoms with Crippen LogP contribution in [0.15, 0.2) is 43.0 Å². The highest BCUT2D eigenvalue weighted by molar-refractivity contribution is 7.91. The summed E-state index contributed by atoms with van der Waals surface area (Å²) in [6.07, 6.45) is 2.61. The van der Waals surface area contributed by atoms with Crippen molar-refractivity contribution in [3.05, 3.63) is 59.9 Å². The summed E-state index contributed by atoms with van der Waals surface area (Å²) in [5.41, 5.74) is 0.159. The number of aromatic amines is 1. The summed E-state index contributed by atoms with van der Waals surface area (Å²) in [6.45, 7) is 12.8. The minimum absolute atomic E-state index is 0.0137. The number of rotatable bonds is 12. The number of H-pyrrole nitrogens is 1. The second kappa shape index (κ2) is 13.5. The molecular weight excluding hydrogens is 691 g/mol. The number of benzene rings is 1. The largest absolute Gasteiger partial charge is 0.497 e. The SMILES string of the molecule is C=C[C@@H]1C[C@]1(NC(=O)[C@@H]1C[C@@H](n2nnc(-c3ccc(OC)cc3)n2)CN1C(=O)[C@@H](NC(=O)c1cc(C)[nH]c1C)C(C)(C)C)C(=O)NS(=O)(=O)C1CC1. The quantitative estimate of drug-likeness (QED) is 0.199. The molecule has 0 unspecified atom stereocenters. The van der Waals surface area contributed by atoms with E-state index in [4.69, 9.17) is 4.74 Å². The van der Waals surface area contributed by atoms with Gasteiger partial charge in [0.1, 0.15) is 23.4 Å². The minimum atomic E-state index is -3.90. The van der Waals surface area contributed by atoms with Crippen LogP contribution in [0, 0.1) is 25.2 Å². The number of aromatic nitrogens is 5. The predicted molar refractivity (Wildman–Crippen MR) is 189 cm³/mol. The molecular formula is C35H45N9O7S. The normalized spacial score (nSPS) is 23.4. The molecule has 1 aliphatic heterocycles. The van der Waals surface area contributed by atoms with E-state index in [-0.39, 0.29) is 19.4 Å². The number of nitrogens with one attached hydrogen (secondary N) is 4. The van der Waals surface area contributed by atoms with Gasteiger partial charge in [0, 0.05) is 35.8 Å². The first-order valence-corrected chi connectivity index (χ1v) is 18.7. The van der Waals surface area contributed by atoms with E-state index in [1.54, 1.807) is 44.4 Å². The van der Waals surface area contributed by atoms with Crippen molar-refractivity contribution < 1.29 is 32.3 Å². The van der Waals surface area contributed by atoms with Gasteiger partial charge in [-0.3, -0.25) is 23.9 Å². The number of sulfonamides is 1. The van der Waals surface area contributed by atoms with Gasteiger partial charge in [0.15, 0.2) is 0 Å². The van der Waals surface area contributed by atoms with Gasteiger partial charge < -0.3 is 25.3 Å². The molecule has 2 aliphatic carbocycles. The molecule has 0 spiro atoms. The molecule has 278 valence electrons. The van der Waals surface area contributed by atoms with Crippen molar-refractivity contribution >= 4 is 33.7 Å². The Morgan fingerprint density at radius 2 is 1.83 bits per heavy atom. The van der Waals surface area contributed by atoms with Crippen molar-refractivity contribution in [3.8, 4) is 17.1 Å². The summed E-state index contributed by atoms with van der Waals surface area (Å²) >= 11 is 0. The molecule has 16 nitrogen and oxygen atoms in total. The Bertz CT molecular complexity index is 2010. The van der Waals surface area contributed by atoms with E-state index in [1.807, 2.05) is 27.7 Å². The van der Waals surface area contributed by atoms with Crippen LogP contribution in [0.1, 0.15) is 74.2 Å². The van der Waals surface area contributed by atoms with Gasteiger partial charge in [-0.05, 0) is 74.1 Å². The summed E-state index contributed by atoms with van der Waals surface area (Å²) in [5.74, 6) is -2.02. The van der Waals surface area contributed by atoms with Crippen LogP contribution in [0.4, 0.5) is 0 Å². The van der Waals surface area contributed by atoms with Gasteiger partial charge >= 0.3 is 0 Å². The molecule has 3 aromatic rings. The molecule has 0 bridgehead atoms. The molecule has 3 heterocycles. The number of amides is 4. The molecule has 17 heteroatoms. The van der Waals surface area contributed by atoms with E-state index >= 15 is 0 Å². The van der Waals surface area contributed by atoms with Crippen molar-refractivity contribution in [3.63, 3.8) is 0 Å². The molecule has 0 radical (unpaired) electrons. The lowest BCUT2D eigenvalue weighted by molar-refractivity contribution is -0.142. The number of tetrazole rings is 1. The van der Waals surface area contributed by atoms with Crippen LogP contribution in [0.2, 0.25) is 0 Å². The maximum atomic E-state index is 14.6. The second-order valence-electron chi connectivity index (χ2n) is 15.0. The Kier molecular flexibility index (Phi) is 9.52. The number of methoxy groups -OCH3 is 1. The van der Waals surface area contributed by atoms with Crippen LogP contribution < -0.4 is 20.1 Å². The fraction of sp³-hybridized carbons (Fsp3) is 0.514. The van der Waals surface area contributed by atoms with Crippen LogP contribution >= 0.6 is 0 Å². The number of hydrogen-bond acceptors (Lipinski definition) is 10. The lowest BCUT2D eigenvalue weighted by Gasteiger charge is -2.35. The highest BCUT2D eigenvalue weighted by atomic mass is 32.2. The minimum Gasteiger partial charge on any atom is -0.497 e. The smallest absolute Gasteiger partial charge is 0.259 e. The third-order valence-corrected chi connectivity index (χ3v) is 11.8. The Morgan fingerprint density at radius 3 is 2.38 bits per heavy atom. The zero-order valence-corrected chi connectivity index (χ0v) is 30.9. The standard InChI is InChI=1S/C35H45N9O7S/c1-8-22-17-35(22,33(48)41-52(49,50)25-13-14-25)38-31(46)27-16-23(44-40-29(39-42-44)21-9-11-24(51-7)12-10-21)18-43(27)32(47)28(34(4,5)6)37-30(45)26-15-19(2)36-20(26)3/h8-12,15,22-23,25,27-28,36H,1,13-14,16-18H2,2-7H3,(H,37,45)(H,38,46)(H,41,48)/t22-,23-,27+,28-,35-/m1/s1. The van der Waals surface area contributed by atoms with Crippen LogP contribution in [0.3, 0.4) is 0 Å². The van der Waals surface area contributed by atoms with Gasteiger partial charge in [-0.1, -0.05) is 26.8 Å². The van der Waals surface area contributed by atoms with E-state index in [2.05, 4.69) is 42.3 Å². The van der Waals surface area contributed by atoms with Gasteiger partial charge in [-0.2, -0.15) is 4.80 Å². The van der Waals surface area contributed by atoms with Crippen molar-refractivity contribution in [1.82, 2.24) is 45.4 Å². The molecule has 4 N–H and O–H groups in total. The van der Waals surface area contributed by atoms with Crippen LogP contribution in [-0.2, 0) is 24.4 Å². The van der Waals surface area contributed by atoms with Crippen molar-refractivity contribution in [1.29, 1.82) is 0 Å². The van der Waals surface area contributed by atoms with Gasteiger partial charge in [0.25, 0.3) is 11.8 Å². The summed E-state index contributed by atoms with van der Waals surface area (Å²) in [4.78, 5) is 61.7. The third kappa shape index (κ3) is 7.18. The summed E-state index contributed by atoms with van der Waals surface area (Å²) in [7, 11) is -2.34. The van der Waals surface area contributed by atoms with E-state index in [0.717, 1.165) is 5.69 Å². The van der Waals surface area contributed by atoms with Gasteiger partial charge in [-0.15, -0.1) is 16.8 Å². The summed E-state index contributed by atoms with van der Waals surface area (Å²) in [6, 6.07) is 5.98. The van der Waals surface area contributed by atoms with Crippen molar-refractivity contribution in [2.24, 2.45) is 11.3 Å². The molecule has 2 aromatic heterocycles. The topological polar surface area (TPSA) is 210 Å². The number of likely N-dealkylation sites (tertiary alicyclic amines) is 1. The number of hydrogen-bond donors (Lipinski definition) is 4. The van der Waals surface area contributed by atoms with Crippen molar-refractivity contribution in [2.75, 3.05) is 13.7 Å². The first kappa shape index (κ1) is 36.7. The number of aryl methyl sites for hydroxylation is 2. The highest BCUT2D eigenvalue weighted by Gasteiger charge is 2.62. The lowest BCUT2D eigenvalue weighted by atomic mass is 9.85. The first-order chi connectivity index (χ1) is 24.5. The summed E-state index contributed by atoms with van der Waals surface area (Å²) in [5, 5.41) is 18.1. The van der Waals surface area contributed by atoms with Gasteiger partial charge in [0.05, 0.1) is 24.0 Å². The Hall–Kier alpha value is -5.06. The Balaban J connectivity index is 1.30. The molecule has 52 heavy (non-hydrogen) atoms. The number of carbonyl (C=O) groups is 4. The molecule has 2 saturated carbocycles.